The molecule has 0 N–H and O–H groups in total. The van der Waals surface area contributed by atoms with Crippen molar-refractivity contribution in [3.63, 3.8) is 0 Å². The van der Waals surface area contributed by atoms with E-state index in [1.165, 1.54) is 5.06 Å². The lowest BCUT2D eigenvalue weighted by atomic mass is 10.0. The molecule has 1 unspecified atom stereocenters. The predicted octanol–water partition coefficient (Wildman–Crippen LogP) is 3.13. The molecule has 1 atom stereocenters. The minimum Gasteiger partial charge on any atom is -0.480 e. The first-order valence-corrected chi connectivity index (χ1v) is 7.32. The van der Waals surface area contributed by atoms with Gasteiger partial charge in [0.15, 0.2) is 5.60 Å². The van der Waals surface area contributed by atoms with Crippen LogP contribution in [-0.4, -0.2) is 22.6 Å². The van der Waals surface area contributed by atoms with Gasteiger partial charge in [-0.25, -0.2) is 5.06 Å². The van der Waals surface area contributed by atoms with Crippen LogP contribution in [0.5, 0.6) is 0 Å². The normalized spacial score (nSPS) is 22.6. The number of amides is 1. The largest absolute Gasteiger partial charge is 0.480 e. The van der Waals surface area contributed by atoms with Gasteiger partial charge < -0.3 is 4.74 Å². The van der Waals surface area contributed by atoms with Crippen molar-refractivity contribution in [2.75, 3.05) is 0 Å². The van der Waals surface area contributed by atoms with Gasteiger partial charge in [0.1, 0.15) is 18.4 Å². The molecule has 1 aliphatic heterocycles. The molecule has 1 aromatic carbocycles. The summed E-state index contributed by atoms with van der Waals surface area (Å²) < 4.78 is 5.84. The van der Waals surface area contributed by atoms with Crippen LogP contribution in [0.15, 0.2) is 66.5 Å². The fraction of sp³-hybridized carbons (Fsp3) is 0.278. The summed E-state index contributed by atoms with van der Waals surface area (Å²) in [6, 6.07) is 9.45. The molecule has 0 aromatic heterocycles. The van der Waals surface area contributed by atoms with Crippen molar-refractivity contribution in [3.05, 3.63) is 72.0 Å². The third-order valence-electron chi connectivity index (χ3n) is 3.62. The van der Waals surface area contributed by atoms with E-state index in [0.717, 1.165) is 5.56 Å². The van der Waals surface area contributed by atoms with Crippen LogP contribution in [0, 0.1) is 0 Å². The summed E-state index contributed by atoms with van der Waals surface area (Å²) in [6.07, 6.45) is 9.46. The first-order chi connectivity index (χ1) is 10.6. The molecule has 3 rings (SSSR count). The zero-order chi connectivity index (χ0) is 15.6. The molecule has 1 amide bonds. The number of benzene rings is 1. The molecule has 1 aromatic rings. The number of hydrogen-bond acceptors (Lipinski definition) is 3. The van der Waals surface area contributed by atoms with Gasteiger partial charge in [-0.1, -0.05) is 54.6 Å². The van der Waals surface area contributed by atoms with E-state index in [4.69, 9.17) is 9.57 Å². The van der Waals surface area contributed by atoms with E-state index in [-0.39, 0.29) is 11.9 Å². The molecule has 1 heterocycles. The number of nitrogens with zero attached hydrogens (tertiary/aromatic N) is 1. The minimum atomic E-state index is -0.939. The number of carbonyl (C=O) groups is 1. The average Bonchev–Trinajstić information content (AvgIpc) is 2.73. The van der Waals surface area contributed by atoms with Crippen LogP contribution in [0.2, 0.25) is 0 Å². The number of hydroxylamine groups is 2. The summed E-state index contributed by atoms with van der Waals surface area (Å²) in [7, 11) is 0. The van der Waals surface area contributed by atoms with Gasteiger partial charge in [0, 0.05) is 0 Å². The number of fused-ring (bicyclic) bond motifs is 1. The third-order valence-corrected chi connectivity index (χ3v) is 3.62. The molecule has 22 heavy (non-hydrogen) atoms. The highest BCUT2D eigenvalue weighted by atomic mass is 16.7. The number of ether oxygens (including phenoxy) is 1. The molecule has 1 saturated heterocycles. The molecule has 1 aliphatic carbocycles. The second-order valence-electron chi connectivity index (χ2n) is 5.79. The van der Waals surface area contributed by atoms with Crippen molar-refractivity contribution in [1.82, 2.24) is 5.06 Å². The van der Waals surface area contributed by atoms with E-state index in [1.807, 2.05) is 60.7 Å². The Hall–Kier alpha value is -2.33. The lowest BCUT2D eigenvalue weighted by Gasteiger charge is -2.42. The van der Waals surface area contributed by atoms with E-state index in [9.17, 15) is 4.79 Å². The lowest BCUT2D eigenvalue weighted by molar-refractivity contribution is -0.231. The fourth-order valence-corrected chi connectivity index (χ4v) is 2.45. The Labute approximate surface area is 130 Å². The molecule has 0 spiro atoms. The molecule has 0 saturated carbocycles. The van der Waals surface area contributed by atoms with Gasteiger partial charge in [0.05, 0.1) is 0 Å². The number of rotatable bonds is 3. The topological polar surface area (TPSA) is 38.8 Å². The maximum atomic E-state index is 12.6. The highest BCUT2D eigenvalue weighted by Gasteiger charge is 2.45. The van der Waals surface area contributed by atoms with Gasteiger partial charge in [-0.05, 0) is 25.5 Å². The quantitative estimate of drug-likeness (QED) is 0.860. The van der Waals surface area contributed by atoms with Crippen molar-refractivity contribution in [1.29, 1.82) is 0 Å². The van der Waals surface area contributed by atoms with Gasteiger partial charge in [-0.15, -0.1) is 0 Å². The van der Waals surface area contributed by atoms with Crippen LogP contribution in [0.3, 0.4) is 0 Å². The summed E-state index contributed by atoms with van der Waals surface area (Å²) in [6.45, 7) is 3.85. The highest BCUT2D eigenvalue weighted by Crippen LogP contribution is 2.31. The van der Waals surface area contributed by atoms with Crippen LogP contribution < -0.4 is 0 Å². The SMILES string of the molecule is CC1(C)OC2=CC=CC=CC2N(OCc2ccccc2)C1=O. The first kappa shape index (κ1) is 14.6. The molecule has 1 fully saturated rings. The van der Waals surface area contributed by atoms with E-state index in [0.29, 0.717) is 12.4 Å². The summed E-state index contributed by atoms with van der Waals surface area (Å²) >= 11 is 0. The monoisotopic (exact) mass is 297 g/mol. The summed E-state index contributed by atoms with van der Waals surface area (Å²) in [5.74, 6) is 0.528. The van der Waals surface area contributed by atoms with Crippen LogP contribution in [0.4, 0.5) is 0 Å². The Bertz CT molecular complexity index is 644. The van der Waals surface area contributed by atoms with E-state index in [1.54, 1.807) is 13.8 Å². The Morgan fingerprint density at radius 1 is 1.18 bits per heavy atom. The Morgan fingerprint density at radius 2 is 1.95 bits per heavy atom. The smallest absolute Gasteiger partial charge is 0.290 e. The number of hydrogen-bond donors (Lipinski definition) is 0. The summed E-state index contributed by atoms with van der Waals surface area (Å²) in [4.78, 5) is 18.5. The zero-order valence-corrected chi connectivity index (χ0v) is 12.7. The zero-order valence-electron chi connectivity index (χ0n) is 12.7. The van der Waals surface area contributed by atoms with Crippen molar-refractivity contribution < 1.29 is 14.4 Å². The van der Waals surface area contributed by atoms with Gasteiger partial charge in [0.25, 0.3) is 5.91 Å². The second-order valence-corrected chi connectivity index (χ2v) is 5.79. The minimum absolute atomic E-state index is 0.183. The Kier molecular flexibility index (Phi) is 3.86. The Balaban J connectivity index is 1.84. The van der Waals surface area contributed by atoms with Gasteiger partial charge in [0.2, 0.25) is 0 Å². The fourth-order valence-electron chi connectivity index (χ4n) is 2.45. The molecular formula is C18H19NO3. The van der Waals surface area contributed by atoms with E-state index >= 15 is 0 Å². The molecule has 0 bridgehead atoms. The molecule has 2 aliphatic rings. The maximum absolute atomic E-state index is 12.6. The van der Waals surface area contributed by atoms with E-state index < -0.39 is 5.60 Å². The Morgan fingerprint density at radius 3 is 2.73 bits per heavy atom. The molecular weight excluding hydrogens is 278 g/mol. The summed E-state index contributed by atoms with van der Waals surface area (Å²) in [5, 5.41) is 1.42. The number of carbonyl (C=O) groups excluding carboxylic acids is 1. The van der Waals surface area contributed by atoms with Crippen molar-refractivity contribution in [3.8, 4) is 0 Å². The molecule has 4 nitrogen and oxygen atoms in total. The van der Waals surface area contributed by atoms with Crippen molar-refractivity contribution in [2.45, 2.75) is 32.1 Å². The van der Waals surface area contributed by atoms with Gasteiger partial charge >= 0.3 is 0 Å². The third kappa shape index (κ3) is 2.83. The molecule has 4 heteroatoms. The van der Waals surface area contributed by atoms with Crippen molar-refractivity contribution in [2.24, 2.45) is 0 Å². The van der Waals surface area contributed by atoms with Crippen LogP contribution >= 0.6 is 0 Å². The maximum Gasteiger partial charge on any atom is 0.290 e. The molecule has 114 valence electrons. The second kappa shape index (κ2) is 5.81. The standard InChI is InChI=1S/C18H19NO3/c1-18(2)17(20)19(21-13-14-9-5-3-6-10-14)15-11-7-4-8-12-16(15)22-18/h3-12,15H,13H2,1-2H3. The summed E-state index contributed by atoms with van der Waals surface area (Å²) in [5.41, 5.74) is 0.0752. The van der Waals surface area contributed by atoms with Crippen LogP contribution in [-0.2, 0) is 21.0 Å². The number of morpholine rings is 1. The first-order valence-electron chi connectivity index (χ1n) is 7.32. The predicted molar refractivity (Wildman–Crippen MR) is 83.4 cm³/mol. The van der Waals surface area contributed by atoms with Crippen molar-refractivity contribution >= 4 is 5.91 Å². The lowest BCUT2D eigenvalue weighted by Crippen LogP contribution is -2.56. The van der Waals surface area contributed by atoms with Crippen LogP contribution in [0.25, 0.3) is 0 Å². The van der Waals surface area contributed by atoms with Crippen LogP contribution in [0.1, 0.15) is 19.4 Å². The van der Waals surface area contributed by atoms with E-state index in [2.05, 4.69) is 0 Å². The highest BCUT2D eigenvalue weighted by molar-refractivity contribution is 5.85. The average molecular weight is 297 g/mol. The molecule has 0 radical (unpaired) electrons. The number of allylic oxidation sites excluding steroid dienone is 4. The van der Waals surface area contributed by atoms with Gasteiger partial charge in [-0.2, -0.15) is 0 Å². The van der Waals surface area contributed by atoms with Gasteiger partial charge in [-0.3, -0.25) is 9.63 Å².